The van der Waals surface area contributed by atoms with Crippen LogP contribution in [0.5, 0.6) is 0 Å². The molecule has 0 aliphatic heterocycles. The third kappa shape index (κ3) is 3.63. The van der Waals surface area contributed by atoms with Crippen LogP contribution in [-0.4, -0.2) is 17.6 Å². The van der Waals surface area contributed by atoms with Crippen molar-refractivity contribution in [3.05, 3.63) is 30.1 Å². The molecule has 1 N–H and O–H groups in total. The molecular formula is C13H20N2. The summed E-state index contributed by atoms with van der Waals surface area (Å²) in [7, 11) is 0. The minimum Gasteiger partial charge on any atom is -0.314 e. The minimum atomic E-state index is 0.657. The molecule has 15 heavy (non-hydrogen) atoms. The fourth-order valence-electron chi connectivity index (χ4n) is 2.09. The van der Waals surface area contributed by atoms with Crippen LogP contribution in [0.3, 0.4) is 0 Å². The fraction of sp³-hybridized carbons (Fsp3) is 0.615. The zero-order valence-corrected chi connectivity index (χ0v) is 9.45. The lowest BCUT2D eigenvalue weighted by Crippen LogP contribution is -2.31. The summed E-state index contributed by atoms with van der Waals surface area (Å²) < 4.78 is 0. The number of nitrogens with zero attached hydrogens (tertiary/aromatic N) is 1. The van der Waals surface area contributed by atoms with Crippen LogP contribution in [0.1, 0.15) is 31.7 Å². The molecule has 1 aromatic rings. The maximum Gasteiger partial charge on any atom is 0.0270 e. The Morgan fingerprint density at radius 1 is 1.40 bits per heavy atom. The maximum absolute atomic E-state index is 4.05. The molecule has 1 fully saturated rings. The van der Waals surface area contributed by atoms with Gasteiger partial charge in [0.05, 0.1) is 0 Å². The SMILES string of the molecule is CCNC(Cc1ccncc1)CC1CC1. The predicted octanol–water partition coefficient (Wildman–Crippen LogP) is 2.40. The molecule has 1 aliphatic rings. The lowest BCUT2D eigenvalue weighted by atomic mass is 10.0. The molecule has 0 radical (unpaired) electrons. The van der Waals surface area contributed by atoms with Gasteiger partial charge in [-0.15, -0.1) is 0 Å². The highest BCUT2D eigenvalue weighted by atomic mass is 14.9. The molecule has 82 valence electrons. The number of pyridine rings is 1. The van der Waals surface area contributed by atoms with Gasteiger partial charge in [0.15, 0.2) is 0 Å². The van der Waals surface area contributed by atoms with E-state index >= 15 is 0 Å². The van der Waals surface area contributed by atoms with Crippen molar-refractivity contribution in [2.75, 3.05) is 6.54 Å². The van der Waals surface area contributed by atoms with Crippen molar-refractivity contribution in [3.8, 4) is 0 Å². The van der Waals surface area contributed by atoms with Crippen molar-refractivity contribution in [1.82, 2.24) is 10.3 Å². The summed E-state index contributed by atoms with van der Waals surface area (Å²) in [5.74, 6) is 0.996. The first kappa shape index (κ1) is 10.6. The summed E-state index contributed by atoms with van der Waals surface area (Å²) in [6.07, 6.45) is 9.14. The van der Waals surface area contributed by atoms with Crippen LogP contribution in [0.25, 0.3) is 0 Å². The second-order valence-corrected chi connectivity index (χ2v) is 4.49. The van der Waals surface area contributed by atoms with E-state index < -0.39 is 0 Å². The van der Waals surface area contributed by atoms with Gasteiger partial charge < -0.3 is 5.32 Å². The summed E-state index contributed by atoms with van der Waals surface area (Å²) in [4.78, 5) is 4.05. The Morgan fingerprint density at radius 2 is 2.13 bits per heavy atom. The Bertz CT molecular complexity index is 280. The summed E-state index contributed by atoms with van der Waals surface area (Å²) in [5, 5.41) is 3.58. The van der Waals surface area contributed by atoms with Gasteiger partial charge in [0, 0.05) is 18.4 Å². The molecule has 1 atom stereocenters. The highest BCUT2D eigenvalue weighted by molar-refractivity contribution is 5.11. The van der Waals surface area contributed by atoms with E-state index in [0.29, 0.717) is 6.04 Å². The highest BCUT2D eigenvalue weighted by Crippen LogP contribution is 2.34. The number of rotatable bonds is 6. The van der Waals surface area contributed by atoms with Crippen molar-refractivity contribution >= 4 is 0 Å². The van der Waals surface area contributed by atoms with Gasteiger partial charge in [0.25, 0.3) is 0 Å². The van der Waals surface area contributed by atoms with Gasteiger partial charge in [-0.3, -0.25) is 4.98 Å². The number of nitrogens with one attached hydrogen (secondary N) is 1. The van der Waals surface area contributed by atoms with Crippen molar-refractivity contribution in [1.29, 1.82) is 0 Å². The molecule has 1 aromatic heterocycles. The second-order valence-electron chi connectivity index (χ2n) is 4.49. The Hall–Kier alpha value is -0.890. The molecule has 2 nitrogen and oxygen atoms in total. The molecule has 1 saturated carbocycles. The zero-order valence-electron chi connectivity index (χ0n) is 9.45. The van der Waals surface area contributed by atoms with E-state index in [0.717, 1.165) is 18.9 Å². The van der Waals surface area contributed by atoms with E-state index in [-0.39, 0.29) is 0 Å². The summed E-state index contributed by atoms with van der Waals surface area (Å²) in [6.45, 7) is 3.26. The lowest BCUT2D eigenvalue weighted by molar-refractivity contribution is 0.466. The van der Waals surface area contributed by atoms with Crippen molar-refractivity contribution in [3.63, 3.8) is 0 Å². The third-order valence-electron chi connectivity index (χ3n) is 3.04. The molecule has 0 bridgehead atoms. The van der Waals surface area contributed by atoms with E-state index in [1.165, 1.54) is 24.8 Å². The smallest absolute Gasteiger partial charge is 0.0270 e. The standard InChI is InChI=1S/C13H20N2/c1-2-15-13(9-11-3-4-11)10-12-5-7-14-8-6-12/h5-8,11,13,15H,2-4,9-10H2,1H3. The first-order valence-electron chi connectivity index (χ1n) is 6.00. The van der Waals surface area contributed by atoms with Crippen molar-refractivity contribution < 1.29 is 0 Å². The Balaban J connectivity index is 1.87. The molecule has 2 rings (SSSR count). The number of aromatic nitrogens is 1. The average Bonchev–Trinajstić information content (AvgIpc) is 3.03. The van der Waals surface area contributed by atoms with Crippen LogP contribution >= 0.6 is 0 Å². The van der Waals surface area contributed by atoms with Crippen LogP contribution < -0.4 is 5.32 Å². The summed E-state index contributed by atoms with van der Waals surface area (Å²) in [6, 6.07) is 4.90. The third-order valence-corrected chi connectivity index (χ3v) is 3.04. The first-order valence-corrected chi connectivity index (χ1v) is 6.00. The molecule has 0 spiro atoms. The van der Waals surface area contributed by atoms with Gasteiger partial charge in [-0.1, -0.05) is 19.8 Å². The van der Waals surface area contributed by atoms with Crippen molar-refractivity contribution in [2.45, 2.75) is 38.6 Å². The maximum atomic E-state index is 4.05. The first-order chi connectivity index (χ1) is 7.38. The highest BCUT2D eigenvalue weighted by Gasteiger charge is 2.24. The van der Waals surface area contributed by atoms with E-state index in [9.17, 15) is 0 Å². The molecule has 1 aliphatic carbocycles. The van der Waals surface area contributed by atoms with Crippen molar-refractivity contribution in [2.24, 2.45) is 5.92 Å². The zero-order chi connectivity index (χ0) is 10.5. The Labute approximate surface area is 92.1 Å². The van der Waals surface area contributed by atoms with Crippen LogP contribution in [0.4, 0.5) is 0 Å². The van der Waals surface area contributed by atoms with Gasteiger partial charge in [-0.25, -0.2) is 0 Å². The van der Waals surface area contributed by atoms with Crippen LogP contribution in [0.2, 0.25) is 0 Å². The van der Waals surface area contributed by atoms with Gasteiger partial charge >= 0.3 is 0 Å². The predicted molar refractivity (Wildman–Crippen MR) is 62.7 cm³/mol. The molecule has 1 unspecified atom stereocenters. The van der Waals surface area contributed by atoms with Gasteiger partial charge in [0.2, 0.25) is 0 Å². The van der Waals surface area contributed by atoms with Gasteiger partial charge in [-0.05, 0) is 43.0 Å². The van der Waals surface area contributed by atoms with E-state index in [1.807, 2.05) is 12.4 Å². The summed E-state index contributed by atoms with van der Waals surface area (Å²) >= 11 is 0. The molecule has 1 heterocycles. The lowest BCUT2D eigenvalue weighted by Gasteiger charge is -2.17. The second kappa shape index (κ2) is 5.26. The molecule has 0 saturated heterocycles. The average molecular weight is 204 g/mol. The monoisotopic (exact) mass is 204 g/mol. The molecule has 2 heteroatoms. The normalized spacial score (nSPS) is 17.7. The largest absolute Gasteiger partial charge is 0.314 e. The van der Waals surface area contributed by atoms with Crippen LogP contribution in [0, 0.1) is 5.92 Å². The van der Waals surface area contributed by atoms with E-state index in [2.05, 4.69) is 29.4 Å². The van der Waals surface area contributed by atoms with Gasteiger partial charge in [0.1, 0.15) is 0 Å². The minimum absolute atomic E-state index is 0.657. The van der Waals surface area contributed by atoms with Gasteiger partial charge in [-0.2, -0.15) is 0 Å². The Morgan fingerprint density at radius 3 is 2.73 bits per heavy atom. The summed E-state index contributed by atoms with van der Waals surface area (Å²) in [5.41, 5.74) is 1.40. The quantitative estimate of drug-likeness (QED) is 0.769. The number of hydrogen-bond acceptors (Lipinski definition) is 2. The topological polar surface area (TPSA) is 24.9 Å². The van der Waals surface area contributed by atoms with Crippen LogP contribution in [0.15, 0.2) is 24.5 Å². The number of likely N-dealkylation sites (N-methyl/N-ethyl adjacent to an activating group) is 1. The van der Waals surface area contributed by atoms with Crippen LogP contribution in [-0.2, 0) is 6.42 Å². The van der Waals surface area contributed by atoms with E-state index in [1.54, 1.807) is 0 Å². The molecule has 0 aromatic carbocycles. The molecular weight excluding hydrogens is 184 g/mol. The van der Waals surface area contributed by atoms with E-state index in [4.69, 9.17) is 0 Å². The Kier molecular flexibility index (Phi) is 3.73. The fourth-order valence-corrected chi connectivity index (χ4v) is 2.09. The molecule has 0 amide bonds. The number of hydrogen-bond donors (Lipinski definition) is 1.